The first-order chi connectivity index (χ1) is 13.8. The second-order valence-corrected chi connectivity index (χ2v) is 8.58. The van der Waals surface area contributed by atoms with E-state index in [4.69, 9.17) is 0 Å². The molecule has 1 aromatic carbocycles. The van der Waals surface area contributed by atoms with Crippen LogP contribution >= 0.6 is 0 Å². The normalized spacial score (nSPS) is 19.5. The van der Waals surface area contributed by atoms with Crippen LogP contribution in [-0.4, -0.2) is 45.6 Å². The Bertz CT molecular complexity index is 722. The summed E-state index contributed by atoms with van der Waals surface area (Å²) in [7, 11) is 0. The first-order valence-corrected chi connectivity index (χ1v) is 10.9. The molecular weight excluding hydrogens is 346 g/mol. The average molecular weight is 380 g/mol. The Labute approximate surface area is 169 Å². The maximum Gasteiger partial charge on any atom is 0.120 e. The molecule has 1 aromatic heterocycles. The molecule has 1 saturated carbocycles. The van der Waals surface area contributed by atoms with Gasteiger partial charge in [0.25, 0.3) is 0 Å². The van der Waals surface area contributed by atoms with Gasteiger partial charge in [-0.3, -0.25) is 9.88 Å². The van der Waals surface area contributed by atoms with Crippen LogP contribution in [0.1, 0.15) is 49.7 Å². The van der Waals surface area contributed by atoms with Crippen molar-refractivity contribution in [2.24, 2.45) is 5.92 Å². The molecule has 0 bridgehead atoms. The van der Waals surface area contributed by atoms with E-state index in [-0.39, 0.29) is 0 Å². The van der Waals surface area contributed by atoms with E-state index in [0.717, 1.165) is 37.2 Å². The molecule has 2 heterocycles. The third-order valence-corrected chi connectivity index (χ3v) is 6.52. The highest BCUT2D eigenvalue weighted by atomic mass is 16.3. The predicted molar refractivity (Wildman–Crippen MR) is 113 cm³/mol. The standard InChI is InChI=1S/C24H33N3O/c28-24-10-4-1-7-22(24)19-26(18-21-6-5-13-25-16-21)17-20-11-14-27(15-12-20)23-8-2-3-9-23/h1,4-7,10,13,16,20,23,28H,2-3,8-9,11-12,14-15,17-19H2. The highest BCUT2D eigenvalue weighted by Crippen LogP contribution is 2.29. The summed E-state index contributed by atoms with van der Waals surface area (Å²) in [4.78, 5) is 9.52. The van der Waals surface area contributed by atoms with Crippen molar-refractivity contribution in [1.29, 1.82) is 0 Å². The number of nitrogens with zero attached hydrogens (tertiary/aromatic N) is 3. The summed E-state index contributed by atoms with van der Waals surface area (Å²) < 4.78 is 0. The summed E-state index contributed by atoms with van der Waals surface area (Å²) >= 11 is 0. The summed E-state index contributed by atoms with van der Waals surface area (Å²) in [6.07, 6.45) is 12.0. The van der Waals surface area contributed by atoms with E-state index in [2.05, 4.69) is 20.9 Å². The zero-order chi connectivity index (χ0) is 19.2. The minimum absolute atomic E-state index is 0.398. The van der Waals surface area contributed by atoms with Crippen LogP contribution in [-0.2, 0) is 13.1 Å². The van der Waals surface area contributed by atoms with Crippen molar-refractivity contribution in [3.05, 3.63) is 59.9 Å². The number of hydrogen-bond donors (Lipinski definition) is 1. The Hall–Kier alpha value is -1.91. The van der Waals surface area contributed by atoms with Gasteiger partial charge in [0.05, 0.1) is 0 Å². The average Bonchev–Trinajstić information content (AvgIpc) is 3.26. The van der Waals surface area contributed by atoms with Crippen molar-refractivity contribution in [3.8, 4) is 5.75 Å². The van der Waals surface area contributed by atoms with E-state index < -0.39 is 0 Å². The lowest BCUT2D eigenvalue weighted by atomic mass is 9.94. The molecule has 1 aliphatic heterocycles. The molecule has 2 fully saturated rings. The van der Waals surface area contributed by atoms with Crippen LogP contribution in [0.4, 0.5) is 0 Å². The number of para-hydroxylation sites is 1. The van der Waals surface area contributed by atoms with Crippen LogP contribution < -0.4 is 0 Å². The maximum absolute atomic E-state index is 10.2. The van der Waals surface area contributed by atoms with Gasteiger partial charge in [-0.05, 0) is 62.4 Å². The quantitative estimate of drug-likeness (QED) is 0.772. The smallest absolute Gasteiger partial charge is 0.120 e. The first-order valence-electron chi connectivity index (χ1n) is 10.9. The van der Waals surface area contributed by atoms with E-state index in [9.17, 15) is 5.11 Å². The number of rotatable bonds is 7. The molecule has 2 aromatic rings. The van der Waals surface area contributed by atoms with Gasteiger partial charge in [-0.15, -0.1) is 0 Å². The molecule has 0 unspecified atom stereocenters. The lowest BCUT2D eigenvalue weighted by Gasteiger charge is -2.38. The molecule has 1 saturated heterocycles. The zero-order valence-electron chi connectivity index (χ0n) is 16.8. The fraction of sp³-hybridized carbons (Fsp3) is 0.542. The number of piperidine rings is 1. The lowest BCUT2D eigenvalue weighted by Crippen LogP contribution is -2.42. The molecule has 2 aliphatic rings. The third-order valence-electron chi connectivity index (χ3n) is 6.52. The second-order valence-electron chi connectivity index (χ2n) is 8.58. The predicted octanol–water partition coefficient (Wildman–Crippen LogP) is 4.44. The van der Waals surface area contributed by atoms with Crippen molar-refractivity contribution in [2.45, 2.75) is 57.7 Å². The molecule has 0 atom stereocenters. The molecule has 4 nitrogen and oxygen atoms in total. The van der Waals surface area contributed by atoms with Gasteiger partial charge in [-0.2, -0.15) is 0 Å². The van der Waals surface area contributed by atoms with Crippen LogP contribution in [0.3, 0.4) is 0 Å². The molecule has 1 N–H and O–H groups in total. The summed E-state index contributed by atoms with van der Waals surface area (Å²) in [5, 5.41) is 10.2. The highest BCUT2D eigenvalue weighted by Gasteiger charge is 2.28. The fourth-order valence-electron chi connectivity index (χ4n) is 4.96. The van der Waals surface area contributed by atoms with E-state index >= 15 is 0 Å². The van der Waals surface area contributed by atoms with E-state index in [0.29, 0.717) is 5.75 Å². The number of phenols is 1. The number of phenolic OH excluding ortho intramolecular Hbond substituents is 1. The van der Waals surface area contributed by atoms with Crippen molar-refractivity contribution in [3.63, 3.8) is 0 Å². The van der Waals surface area contributed by atoms with Gasteiger partial charge in [0, 0.05) is 43.6 Å². The summed E-state index contributed by atoms with van der Waals surface area (Å²) in [5.41, 5.74) is 2.25. The van der Waals surface area contributed by atoms with Gasteiger partial charge >= 0.3 is 0 Å². The van der Waals surface area contributed by atoms with Crippen LogP contribution in [0.25, 0.3) is 0 Å². The molecule has 28 heavy (non-hydrogen) atoms. The molecule has 1 aliphatic carbocycles. The van der Waals surface area contributed by atoms with Gasteiger partial charge in [0.2, 0.25) is 0 Å². The van der Waals surface area contributed by atoms with Crippen molar-refractivity contribution in [2.75, 3.05) is 19.6 Å². The van der Waals surface area contributed by atoms with Gasteiger partial charge in [-0.25, -0.2) is 0 Å². The number of aromatic hydroxyl groups is 1. The molecule has 150 valence electrons. The maximum atomic E-state index is 10.2. The van der Waals surface area contributed by atoms with Crippen molar-refractivity contribution < 1.29 is 5.11 Å². The monoisotopic (exact) mass is 379 g/mol. The Morgan fingerprint density at radius 3 is 2.46 bits per heavy atom. The number of likely N-dealkylation sites (tertiary alicyclic amines) is 1. The van der Waals surface area contributed by atoms with Crippen LogP contribution in [0, 0.1) is 5.92 Å². The van der Waals surface area contributed by atoms with Crippen molar-refractivity contribution in [1.82, 2.24) is 14.8 Å². The third kappa shape index (κ3) is 5.12. The van der Waals surface area contributed by atoms with E-state index in [1.54, 1.807) is 6.07 Å². The van der Waals surface area contributed by atoms with Gasteiger partial charge < -0.3 is 10.0 Å². The lowest BCUT2D eigenvalue weighted by molar-refractivity contribution is 0.106. The largest absolute Gasteiger partial charge is 0.508 e. The minimum atomic E-state index is 0.398. The SMILES string of the molecule is Oc1ccccc1CN(Cc1cccnc1)CC1CCN(C2CCCC2)CC1. The Kier molecular flexibility index (Phi) is 6.61. The summed E-state index contributed by atoms with van der Waals surface area (Å²) in [6.45, 7) is 5.26. The zero-order valence-corrected chi connectivity index (χ0v) is 16.8. The van der Waals surface area contributed by atoms with E-state index in [1.165, 1.54) is 57.2 Å². The van der Waals surface area contributed by atoms with Crippen LogP contribution in [0.15, 0.2) is 48.8 Å². The molecule has 0 radical (unpaired) electrons. The van der Waals surface area contributed by atoms with Crippen LogP contribution in [0.2, 0.25) is 0 Å². The number of hydrogen-bond acceptors (Lipinski definition) is 4. The van der Waals surface area contributed by atoms with E-state index in [1.807, 2.05) is 36.7 Å². The fourth-order valence-corrected chi connectivity index (χ4v) is 4.96. The summed E-state index contributed by atoms with van der Waals surface area (Å²) in [6, 6.07) is 12.7. The molecular formula is C24H33N3O. The number of benzene rings is 1. The number of pyridine rings is 1. The Morgan fingerprint density at radius 2 is 1.75 bits per heavy atom. The molecule has 0 amide bonds. The van der Waals surface area contributed by atoms with Gasteiger partial charge in [0.1, 0.15) is 5.75 Å². The van der Waals surface area contributed by atoms with Crippen molar-refractivity contribution >= 4 is 0 Å². The van der Waals surface area contributed by atoms with Gasteiger partial charge in [-0.1, -0.05) is 37.1 Å². The molecule has 0 spiro atoms. The molecule has 4 heteroatoms. The summed E-state index contributed by atoms with van der Waals surface area (Å²) in [5.74, 6) is 1.13. The second kappa shape index (κ2) is 9.53. The highest BCUT2D eigenvalue weighted by molar-refractivity contribution is 5.31. The topological polar surface area (TPSA) is 39.6 Å². The number of aromatic nitrogens is 1. The molecule has 4 rings (SSSR count). The minimum Gasteiger partial charge on any atom is -0.508 e. The Balaban J connectivity index is 1.38. The van der Waals surface area contributed by atoms with Gasteiger partial charge in [0.15, 0.2) is 0 Å². The first kappa shape index (κ1) is 19.4. The van der Waals surface area contributed by atoms with Crippen LogP contribution in [0.5, 0.6) is 5.75 Å². The Morgan fingerprint density at radius 1 is 0.964 bits per heavy atom.